The largest absolute Gasteiger partial charge is 0.493 e. The lowest BCUT2D eigenvalue weighted by Crippen LogP contribution is -2.48. The number of oxime groups is 1. The molecule has 2 aromatic carbocycles. The molecule has 1 aliphatic heterocycles. The Morgan fingerprint density at radius 3 is 2.66 bits per heavy atom. The molecule has 0 radical (unpaired) electrons. The van der Waals surface area contributed by atoms with E-state index in [0.717, 1.165) is 25.7 Å². The maximum absolute atomic E-state index is 11.2. The third-order valence-corrected chi connectivity index (χ3v) is 4.82. The molecule has 29 heavy (non-hydrogen) atoms. The van der Waals surface area contributed by atoms with Crippen molar-refractivity contribution < 1.29 is 24.2 Å². The monoisotopic (exact) mass is 398 g/mol. The van der Waals surface area contributed by atoms with Gasteiger partial charge in [0.15, 0.2) is 11.5 Å². The van der Waals surface area contributed by atoms with Gasteiger partial charge in [0.1, 0.15) is 0 Å². The second-order valence-electron chi connectivity index (χ2n) is 7.01. The second kappa shape index (κ2) is 9.43. The van der Waals surface area contributed by atoms with Gasteiger partial charge in [-0.3, -0.25) is 5.73 Å². The van der Waals surface area contributed by atoms with E-state index in [1.165, 1.54) is 5.56 Å². The summed E-state index contributed by atoms with van der Waals surface area (Å²) >= 11 is 0. The minimum Gasteiger partial charge on any atom is -0.493 e. The molecule has 0 aromatic heterocycles. The van der Waals surface area contributed by atoms with E-state index >= 15 is 0 Å². The Balaban J connectivity index is 1.52. The van der Waals surface area contributed by atoms with E-state index in [0.29, 0.717) is 29.4 Å². The van der Waals surface area contributed by atoms with E-state index in [4.69, 9.17) is 25.2 Å². The van der Waals surface area contributed by atoms with Gasteiger partial charge in [0, 0.05) is 5.56 Å². The molecule has 1 unspecified atom stereocenters. The predicted molar refractivity (Wildman–Crippen MR) is 109 cm³/mol. The summed E-state index contributed by atoms with van der Waals surface area (Å²) in [6, 6.07) is 15.7. The molecule has 0 spiro atoms. The first-order chi connectivity index (χ1) is 14.0. The minimum atomic E-state index is -1.82. The number of aryl methyl sites for hydroxylation is 1. The number of benzene rings is 2. The molecule has 3 rings (SSSR count). The summed E-state index contributed by atoms with van der Waals surface area (Å²) in [4.78, 5) is 16.1. The van der Waals surface area contributed by atoms with Gasteiger partial charge in [0.2, 0.25) is 0 Å². The fourth-order valence-electron chi connectivity index (χ4n) is 3.12. The number of methoxy groups -OCH3 is 1. The Labute approximate surface area is 170 Å². The van der Waals surface area contributed by atoms with Gasteiger partial charge in [0.05, 0.1) is 25.8 Å². The van der Waals surface area contributed by atoms with Crippen LogP contribution in [-0.2, 0) is 16.1 Å². The van der Waals surface area contributed by atoms with Crippen LogP contribution in [0.25, 0.3) is 0 Å². The number of nitrogens with zero attached hydrogens (tertiary/aromatic N) is 1. The standard InChI is InChI=1S/C22H26N2O5/c1-27-19-12-11-17(18-15-22(23,21(25)26)29-24-18)14-20(19)28-13-7-3-6-10-16-8-4-2-5-9-16/h2,4-5,8-9,11-12,14H,3,6-7,10,13,15,23H2,1H3,(H,25,26). The molecule has 7 heteroatoms. The van der Waals surface area contributed by atoms with Crippen molar-refractivity contribution in [3.63, 3.8) is 0 Å². The lowest BCUT2D eigenvalue weighted by atomic mass is 10.0. The Morgan fingerprint density at radius 1 is 1.17 bits per heavy atom. The molecular formula is C22H26N2O5. The molecular weight excluding hydrogens is 372 g/mol. The van der Waals surface area contributed by atoms with Gasteiger partial charge < -0.3 is 19.4 Å². The van der Waals surface area contributed by atoms with E-state index in [1.54, 1.807) is 25.3 Å². The molecule has 0 fully saturated rings. The van der Waals surface area contributed by atoms with Crippen LogP contribution in [0.4, 0.5) is 0 Å². The number of carboxylic acids is 1. The summed E-state index contributed by atoms with van der Waals surface area (Å²) in [6.07, 6.45) is 4.13. The molecule has 1 atom stereocenters. The van der Waals surface area contributed by atoms with Crippen molar-refractivity contribution in [2.75, 3.05) is 13.7 Å². The van der Waals surface area contributed by atoms with E-state index in [9.17, 15) is 4.79 Å². The van der Waals surface area contributed by atoms with Crippen molar-refractivity contribution in [3.8, 4) is 11.5 Å². The number of hydrogen-bond donors (Lipinski definition) is 2. The van der Waals surface area contributed by atoms with Crippen LogP contribution >= 0.6 is 0 Å². The molecule has 2 aromatic rings. The highest BCUT2D eigenvalue weighted by molar-refractivity contribution is 6.04. The molecule has 1 heterocycles. The van der Waals surface area contributed by atoms with Gasteiger partial charge in [-0.2, -0.15) is 0 Å². The molecule has 0 amide bonds. The summed E-state index contributed by atoms with van der Waals surface area (Å²) in [5, 5.41) is 13.0. The number of carbonyl (C=O) groups is 1. The van der Waals surface area contributed by atoms with Gasteiger partial charge in [0.25, 0.3) is 5.72 Å². The van der Waals surface area contributed by atoms with Crippen molar-refractivity contribution >= 4 is 11.7 Å². The van der Waals surface area contributed by atoms with Crippen LogP contribution in [0.5, 0.6) is 11.5 Å². The van der Waals surface area contributed by atoms with E-state index in [-0.39, 0.29) is 6.42 Å². The lowest BCUT2D eigenvalue weighted by molar-refractivity contribution is -0.161. The van der Waals surface area contributed by atoms with Crippen LogP contribution < -0.4 is 15.2 Å². The number of unbranched alkanes of at least 4 members (excludes halogenated alkanes) is 2. The summed E-state index contributed by atoms with van der Waals surface area (Å²) in [5.41, 5.74) is 6.38. The zero-order valence-corrected chi connectivity index (χ0v) is 16.5. The van der Waals surface area contributed by atoms with E-state index in [2.05, 4.69) is 29.4 Å². The first-order valence-corrected chi connectivity index (χ1v) is 9.64. The lowest BCUT2D eigenvalue weighted by Gasteiger charge is -2.15. The maximum Gasteiger partial charge on any atom is 0.366 e. The summed E-state index contributed by atoms with van der Waals surface area (Å²) in [6.45, 7) is 0.563. The average Bonchev–Trinajstić information content (AvgIpc) is 3.15. The Morgan fingerprint density at radius 2 is 1.97 bits per heavy atom. The van der Waals surface area contributed by atoms with Crippen molar-refractivity contribution in [1.29, 1.82) is 0 Å². The summed E-state index contributed by atoms with van der Waals surface area (Å²) in [7, 11) is 1.58. The third kappa shape index (κ3) is 5.26. The molecule has 0 aliphatic carbocycles. The molecule has 0 saturated heterocycles. The van der Waals surface area contributed by atoms with Crippen LogP contribution in [-0.4, -0.2) is 36.2 Å². The fraction of sp³-hybridized carbons (Fsp3) is 0.364. The molecule has 3 N–H and O–H groups in total. The highest BCUT2D eigenvalue weighted by Crippen LogP contribution is 2.31. The van der Waals surface area contributed by atoms with Crippen LogP contribution in [0.15, 0.2) is 53.7 Å². The van der Waals surface area contributed by atoms with Gasteiger partial charge in [-0.25, -0.2) is 4.79 Å². The SMILES string of the molecule is COc1ccc(C2=NOC(N)(C(=O)O)C2)cc1OCCCCCc1ccccc1. The van der Waals surface area contributed by atoms with Crippen LogP contribution in [0, 0.1) is 0 Å². The van der Waals surface area contributed by atoms with Crippen molar-refractivity contribution in [2.45, 2.75) is 37.8 Å². The minimum absolute atomic E-state index is 0.0202. The van der Waals surface area contributed by atoms with Crippen LogP contribution in [0.2, 0.25) is 0 Å². The summed E-state index contributed by atoms with van der Waals surface area (Å²) in [5.74, 6) is -0.0628. The van der Waals surface area contributed by atoms with Gasteiger partial charge in [-0.05, 0) is 49.4 Å². The Hall–Kier alpha value is -3.06. The fourth-order valence-corrected chi connectivity index (χ4v) is 3.12. The van der Waals surface area contributed by atoms with Crippen LogP contribution in [0.3, 0.4) is 0 Å². The van der Waals surface area contributed by atoms with E-state index < -0.39 is 11.7 Å². The number of rotatable bonds is 10. The average molecular weight is 398 g/mol. The highest BCUT2D eigenvalue weighted by atomic mass is 16.7. The summed E-state index contributed by atoms with van der Waals surface area (Å²) < 4.78 is 11.3. The molecule has 1 aliphatic rings. The second-order valence-corrected chi connectivity index (χ2v) is 7.01. The van der Waals surface area contributed by atoms with Gasteiger partial charge in [-0.15, -0.1) is 0 Å². The van der Waals surface area contributed by atoms with Gasteiger partial charge >= 0.3 is 5.97 Å². The topological polar surface area (TPSA) is 103 Å². The number of aliphatic carboxylic acids is 1. The van der Waals surface area contributed by atoms with Crippen molar-refractivity contribution in [3.05, 3.63) is 59.7 Å². The molecule has 7 nitrogen and oxygen atoms in total. The predicted octanol–water partition coefficient (Wildman–Crippen LogP) is 3.35. The van der Waals surface area contributed by atoms with E-state index in [1.807, 2.05) is 6.07 Å². The number of ether oxygens (including phenoxy) is 2. The zero-order chi connectivity index (χ0) is 20.7. The number of carboxylic acid groups (broad SMARTS) is 1. The normalized spacial score (nSPS) is 18.1. The smallest absolute Gasteiger partial charge is 0.366 e. The first-order valence-electron chi connectivity index (χ1n) is 9.64. The van der Waals surface area contributed by atoms with Crippen LogP contribution in [0.1, 0.15) is 36.8 Å². The molecule has 0 bridgehead atoms. The maximum atomic E-state index is 11.2. The third-order valence-electron chi connectivity index (χ3n) is 4.82. The van der Waals surface area contributed by atoms with Gasteiger partial charge in [-0.1, -0.05) is 35.5 Å². The molecule has 0 saturated carbocycles. The van der Waals surface area contributed by atoms with Crippen molar-refractivity contribution in [1.82, 2.24) is 0 Å². The Kier molecular flexibility index (Phi) is 6.72. The Bertz CT molecular complexity index is 869. The first kappa shape index (κ1) is 20.7. The zero-order valence-electron chi connectivity index (χ0n) is 16.5. The molecule has 154 valence electrons. The van der Waals surface area contributed by atoms with Crippen molar-refractivity contribution in [2.24, 2.45) is 10.9 Å². The number of nitrogens with two attached hydrogens (primary N) is 1. The highest BCUT2D eigenvalue weighted by Gasteiger charge is 2.43. The number of hydrogen-bond acceptors (Lipinski definition) is 6. The quantitative estimate of drug-likeness (QED) is 0.595.